The van der Waals surface area contributed by atoms with Crippen LogP contribution in [-0.4, -0.2) is 15.6 Å². The first-order valence-electron chi connectivity index (χ1n) is 4.24. The Bertz CT molecular complexity index is 515. The lowest BCUT2D eigenvalue weighted by atomic mass is 10.3. The van der Waals surface area contributed by atoms with Gasteiger partial charge in [-0.15, -0.1) is 11.3 Å². The average Bonchev–Trinajstić information content (AvgIpc) is 2.71. The highest BCUT2D eigenvalue weighted by Gasteiger charge is 2.13. The quantitative estimate of drug-likeness (QED) is 0.878. The molecule has 2 rings (SSSR count). The molecule has 0 aromatic carbocycles. The van der Waals surface area contributed by atoms with E-state index in [1.165, 1.54) is 11.3 Å². The fourth-order valence-electron chi connectivity index (χ4n) is 1.43. The maximum absolute atomic E-state index is 10.8. The summed E-state index contributed by atoms with van der Waals surface area (Å²) < 4.78 is 2.34. The van der Waals surface area contributed by atoms with Crippen molar-refractivity contribution in [3.8, 4) is 10.6 Å². The van der Waals surface area contributed by atoms with E-state index in [4.69, 9.17) is 16.7 Å². The van der Waals surface area contributed by atoms with Gasteiger partial charge in [0.15, 0.2) is 0 Å². The average molecular weight is 242 g/mol. The maximum Gasteiger partial charge on any atom is 0.352 e. The van der Waals surface area contributed by atoms with Gasteiger partial charge in [0.1, 0.15) is 5.69 Å². The van der Waals surface area contributed by atoms with Crippen LogP contribution < -0.4 is 0 Å². The van der Waals surface area contributed by atoms with E-state index in [-0.39, 0.29) is 5.69 Å². The van der Waals surface area contributed by atoms with Crippen molar-refractivity contribution in [2.24, 2.45) is 7.05 Å². The molecule has 0 spiro atoms. The van der Waals surface area contributed by atoms with Crippen LogP contribution in [0.25, 0.3) is 10.6 Å². The van der Waals surface area contributed by atoms with E-state index in [1.807, 2.05) is 6.07 Å². The van der Waals surface area contributed by atoms with Crippen molar-refractivity contribution in [3.05, 3.63) is 34.3 Å². The van der Waals surface area contributed by atoms with Crippen LogP contribution in [-0.2, 0) is 7.05 Å². The van der Waals surface area contributed by atoms with Crippen molar-refractivity contribution in [2.75, 3.05) is 0 Å². The summed E-state index contributed by atoms with van der Waals surface area (Å²) in [6, 6.07) is 7.06. The maximum atomic E-state index is 10.8. The molecular formula is C10H8ClNO2S. The molecule has 5 heteroatoms. The molecule has 2 heterocycles. The minimum atomic E-state index is -0.925. The number of hydrogen-bond acceptors (Lipinski definition) is 2. The van der Waals surface area contributed by atoms with Gasteiger partial charge in [-0.1, -0.05) is 11.6 Å². The van der Waals surface area contributed by atoms with Crippen molar-refractivity contribution < 1.29 is 9.90 Å². The number of halogens is 1. The summed E-state index contributed by atoms with van der Waals surface area (Å²) in [4.78, 5) is 11.8. The van der Waals surface area contributed by atoms with Gasteiger partial charge in [-0.2, -0.15) is 0 Å². The summed E-state index contributed by atoms with van der Waals surface area (Å²) >= 11 is 7.26. The lowest BCUT2D eigenvalue weighted by molar-refractivity contribution is 0.0687. The number of carboxylic acids is 1. The molecule has 0 saturated carbocycles. The molecule has 0 bridgehead atoms. The van der Waals surface area contributed by atoms with Crippen molar-refractivity contribution in [3.63, 3.8) is 0 Å². The number of aromatic carboxylic acids is 1. The largest absolute Gasteiger partial charge is 0.477 e. The molecule has 2 aromatic heterocycles. The fraction of sp³-hybridized carbons (Fsp3) is 0.100. The van der Waals surface area contributed by atoms with E-state index in [0.717, 1.165) is 10.6 Å². The van der Waals surface area contributed by atoms with E-state index in [0.29, 0.717) is 4.34 Å². The van der Waals surface area contributed by atoms with Gasteiger partial charge in [-0.25, -0.2) is 4.79 Å². The predicted molar refractivity (Wildman–Crippen MR) is 60.7 cm³/mol. The SMILES string of the molecule is Cn1c(C(=O)O)ccc1-c1ccc(Cl)s1. The van der Waals surface area contributed by atoms with Crippen LogP contribution in [0.15, 0.2) is 24.3 Å². The van der Waals surface area contributed by atoms with Crippen molar-refractivity contribution in [1.29, 1.82) is 0 Å². The molecule has 0 aliphatic rings. The lowest BCUT2D eigenvalue weighted by Crippen LogP contribution is -2.04. The zero-order valence-electron chi connectivity index (χ0n) is 7.90. The summed E-state index contributed by atoms with van der Waals surface area (Å²) in [5.41, 5.74) is 1.14. The van der Waals surface area contributed by atoms with Crippen LogP contribution in [0.5, 0.6) is 0 Å². The minimum Gasteiger partial charge on any atom is -0.477 e. The van der Waals surface area contributed by atoms with Crippen LogP contribution in [0, 0.1) is 0 Å². The number of hydrogen-bond donors (Lipinski definition) is 1. The standard InChI is InChI=1S/C10H8ClNO2S/c1-12-6(2-3-7(12)10(13)14)8-4-5-9(11)15-8/h2-5H,1H3,(H,13,14). The van der Waals surface area contributed by atoms with Gasteiger partial charge in [0.25, 0.3) is 0 Å². The van der Waals surface area contributed by atoms with Gasteiger partial charge >= 0.3 is 5.97 Å². The first kappa shape index (κ1) is 10.3. The zero-order valence-corrected chi connectivity index (χ0v) is 9.47. The Morgan fingerprint density at radius 1 is 1.40 bits per heavy atom. The van der Waals surface area contributed by atoms with Gasteiger partial charge in [0.05, 0.1) is 14.9 Å². The Hall–Kier alpha value is -1.26. The number of carboxylic acid groups (broad SMARTS) is 1. The molecule has 0 aliphatic heterocycles. The second-order valence-electron chi connectivity index (χ2n) is 3.07. The molecule has 0 unspecified atom stereocenters. The third kappa shape index (κ3) is 1.78. The topological polar surface area (TPSA) is 42.2 Å². The molecule has 0 radical (unpaired) electrons. The van der Waals surface area contributed by atoms with Crippen LogP contribution in [0.4, 0.5) is 0 Å². The molecule has 1 N–H and O–H groups in total. The highest BCUT2D eigenvalue weighted by Crippen LogP contribution is 2.31. The molecule has 3 nitrogen and oxygen atoms in total. The number of thiophene rings is 1. The highest BCUT2D eigenvalue weighted by molar-refractivity contribution is 7.19. The van der Waals surface area contributed by atoms with Crippen LogP contribution in [0.2, 0.25) is 4.34 Å². The highest BCUT2D eigenvalue weighted by atomic mass is 35.5. The number of rotatable bonds is 2. The normalized spacial score (nSPS) is 10.5. The predicted octanol–water partition coefficient (Wildman–Crippen LogP) is 3.11. The zero-order chi connectivity index (χ0) is 11.0. The van der Waals surface area contributed by atoms with Gasteiger partial charge in [-0.05, 0) is 24.3 Å². The lowest BCUT2D eigenvalue weighted by Gasteiger charge is -2.02. The monoisotopic (exact) mass is 241 g/mol. The molecule has 78 valence electrons. The summed E-state index contributed by atoms with van der Waals surface area (Å²) in [7, 11) is 1.73. The molecule has 2 aromatic rings. The summed E-state index contributed by atoms with van der Waals surface area (Å²) in [6.45, 7) is 0. The Morgan fingerprint density at radius 3 is 2.60 bits per heavy atom. The van der Waals surface area contributed by atoms with Gasteiger partial charge in [0, 0.05) is 7.05 Å². The van der Waals surface area contributed by atoms with E-state index < -0.39 is 5.97 Å². The third-order valence-corrected chi connectivity index (χ3v) is 3.42. The van der Waals surface area contributed by atoms with Crippen molar-refractivity contribution >= 4 is 28.9 Å². The van der Waals surface area contributed by atoms with E-state index in [9.17, 15) is 4.79 Å². The van der Waals surface area contributed by atoms with Gasteiger partial charge < -0.3 is 9.67 Å². The Morgan fingerprint density at radius 2 is 2.13 bits per heavy atom. The van der Waals surface area contributed by atoms with Crippen molar-refractivity contribution in [1.82, 2.24) is 4.57 Å². The van der Waals surface area contributed by atoms with Crippen LogP contribution >= 0.6 is 22.9 Å². The van der Waals surface area contributed by atoms with E-state index >= 15 is 0 Å². The Balaban J connectivity index is 2.50. The third-order valence-electron chi connectivity index (χ3n) is 2.17. The second kappa shape index (κ2) is 3.72. The molecular weight excluding hydrogens is 234 g/mol. The van der Waals surface area contributed by atoms with Crippen LogP contribution in [0.1, 0.15) is 10.5 Å². The Labute approximate surface area is 95.5 Å². The smallest absolute Gasteiger partial charge is 0.352 e. The molecule has 0 aliphatic carbocycles. The summed E-state index contributed by atoms with van der Waals surface area (Å²) in [5.74, 6) is -0.925. The molecule has 15 heavy (non-hydrogen) atoms. The first-order chi connectivity index (χ1) is 7.09. The number of nitrogens with zero attached hydrogens (tertiary/aromatic N) is 1. The molecule has 0 atom stereocenters. The summed E-state index contributed by atoms with van der Waals surface area (Å²) in [5, 5.41) is 8.89. The van der Waals surface area contributed by atoms with E-state index in [1.54, 1.807) is 29.8 Å². The first-order valence-corrected chi connectivity index (χ1v) is 5.44. The number of carbonyl (C=O) groups is 1. The van der Waals surface area contributed by atoms with Crippen molar-refractivity contribution in [2.45, 2.75) is 0 Å². The molecule has 0 fully saturated rings. The van der Waals surface area contributed by atoms with Gasteiger partial charge in [-0.3, -0.25) is 0 Å². The minimum absolute atomic E-state index is 0.273. The summed E-state index contributed by atoms with van der Waals surface area (Å²) in [6.07, 6.45) is 0. The number of aromatic nitrogens is 1. The Kier molecular flexibility index (Phi) is 2.54. The van der Waals surface area contributed by atoms with E-state index in [2.05, 4.69) is 0 Å². The van der Waals surface area contributed by atoms with Gasteiger partial charge in [0.2, 0.25) is 0 Å². The molecule has 0 saturated heterocycles. The molecule has 0 amide bonds. The second-order valence-corrected chi connectivity index (χ2v) is 4.79. The fourth-order valence-corrected chi connectivity index (χ4v) is 2.53. The van der Waals surface area contributed by atoms with Crippen LogP contribution in [0.3, 0.4) is 0 Å².